The van der Waals surface area contributed by atoms with Gasteiger partial charge in [0.25, 0.3) is 0 Å². The van der Waals surface area contributed by atoms with Crippen LogP contribution in [0.15, 0.2) is 24.3 Å². The van der Waals surface area contributed by atoms with Gasteiger partial charge in [-0.25, -0.2) is 9.97 Å². The number of aromatic nitrogens is 4. The Hall–Kier alpha value is -3.56. The average molecular weight is 735 g/mol. The van der Waals surface area contributed by atoms with Crippen LogP contribution in [-0.4, -0.2) is 72.3 Å². The van der Waals surface area contributed by atoms with E-state index in [-0.39, 0.29) is 0 Å². The van der Waals surface area contributed by atoms with Crippen LogP contribution in [-0.2, 0) is 12.8 Å². The minimum atomic E-state index is 0.946. The number of nitrogens with zero attached hydrogens (tertiary/aromatic N) is 2. The summed E-state index contributed by atoms with van der Waals surface area (Å²) in [6.07, 6.45) is 10.9. The number of rotatable bonds is 22. The van der Waals surface area contributed by atoms with Crippen LogP contribution in [0.4, 0.5) is 0 Å². The van der Waals surface area contributed by atoms with Gasteiger partial charge in [-0.05, 0) is 213 Å². The molecule has 2 aliphatic rings. The first-order valence-electron chi connectivity index (χ1n) is 21.3. The van der Waals surface area contributed by atoms with Crippen molar-refractivity contribution in [2.45, 2.75) is 120 Å². The Morgan fingerprint density at radius 1 is 0.444 bits per heavy atom. The minimum absolute atomic E-state index is 0.946. The Balaban J connectivity index is 1.55. The molecular weight excluding hydrogens is 665 g/mol. The second-order valence-electron chi connectivity index (χ2n) is 15.2. The number of allylic oxidation sites excluding steroid dienone is 4. The SMILES string of the molecule is CCNCCCCNCCCC1=C(C)c2cc3[nH]c(cc4nc(cc5[nH]c(cc1n2)c(CCCNCCCCNCC)c5C)C(CC)=C4C)c(CC)c3C. The summed E-state index contributed by atoms with van der Waals surface area (Å²) in [6.45, 7) is 26.4. The standard InChI is InChI=1S/C46H70N8/c1-9-35-31(5)39-27-40-33(7)37(19-17-25-49-23-15-13-21-47-11-3)45(53-40)30-46-38(20-18-26-50-24-16-14-22-48-12-4)34(8)42(54-46)29-44-36(10-2)32(6)41(52-44)28-43(35)51-39/h27-30,47-51,54H,9-26H2,1-8H3. The average Bonchev–Trinajstić information content (AvgIpc) is 3.83. The number of nitrogens with one attached hydrogen (secondary N) is 6. The molecule has 5 heterocycles. The van der Waals surface area contributed by atoms with Crippen molar-refractivity contribution in [1.29, 1.82) is 0 Å². The molecule has 0 atom stereocenters. The molecule has 0 saturated carbocycles. The molecule has 5 rings (SSSR count). The number of aromatic amines is 2. The van der Waals surface area contributed by atoms with E-state index in [0.717, 1.165) is 130 Å². The molecule has 8 nitrogen and oxygen atoms in total. The highest BCUT2D eigenvalue weighted by molar-refractivity contribution is 5.94. The Bertz CT molecular complexity index is 1920. The summed E-state index contributed by atoms with van der Waals surface area (Å²) in [4.78, 5) is 18.4. The van der Waals surface area contributed by atoms with E-state index in [1.165, 1.54) is 75.7 Å². The summed E-state index contributed by atoms with van der Waals surface area (Å²) in [7, 11) is 0. The number of fused-ring (bicyclic) bond motifs is 8. The fourth-order valence-electron chi connectivity index (χ4n) is 8.14. The van der Waals surface area contributed by atoms with E-state index in [4.69, 9.17) is 9.97 Å². The van der Waals surface area contributed by atoms with Crippen molar-refractivity contribution < 1.29 is 0 Å². The van der Waals surface area contributed by atoms with E-state index >= 15 is 0 Å². The lowest BCUT2D eigenvalue weighted by Crippen LogP contribution is -2.20. The molecule has 6 N–H and O–H groups in total. The van der Waals surface area contributed by atoms with Crippen LogP contribution in [0.25, 0.3) is 44.4 Å². The highest BCUT2D eigenvalue weighted by Gasteiger charge is 2.20. The summed E-state index contributed by atoms with van der Waals surface area (Å²) in [5.74, 6) is 0. The lowest BCUT2D eigenvalue weighted by Gasteiger charge is -2.08. The summed E-state index contributed by atoms with van der Waals surface area (Å²) in [5, 5.41) is 14.3. The molecule has 0 saturated heterocycles. The third-order valence-corrected chi connectivity index (χ3v) is 11.5. The molecule has 0 amide bonds. The largest absolute Gasteiger partial charge is 0.355 e. The molecule has 2 aliphatic heterocycles. The number of aryl methyl sites for hydroxylation is 4. The molecule has 0 radical (unpaired) electrons. The molecule has 0 fully saturated rings. The number of unbranched alkanes of at least 4 members (excludes halogenated alkanes) is 2. The second kappa shape index (κ2) is 20.9. The van der Waals surface area contributed by atoms with E-state index in [1.54, 1.807) is 0 Å². The van der Waals surface area contributed by atoms with Crippen LogP contribution in [0.3, 0.4) is 0 Å². The quantitative estimate of drug-likeness (QED) is 0.0575. The number of hydrogen-bond donors (Lipinski definition) is 6. The summed E-state index contributed by atoms with van der Waals surface area (Å²) >= 11 is 0. The lowest BCUT2D eigenvalue weighted by molar-refractivity contribution is 0.581. The molecule has 8 bridgehead atoms. The topological polar surface area (TPSA) is 105 Å². The molecule has 3 aromatic heterocycles. The summed E-state index contributed by atoms with van der Waals surface area (Å²) < 4.78 is 0. The van der Waals surface area contributed by atoms with Gasteiger partial charge in [0, 0.05) is 22.1 Å². The first-order valence-corrected chi connectivity index (χ1v) is 21.3. The van der Waals surface area contributed by atoms with Crippen molar-refractivity contribution >= 4 is 44.4 Å². The predicted octanol–water partition coefficient (Wildman–Crippen LogP) is 9.44. The number of H-pyrrole nitrogens is 2. The van der Waals surface area contributed by atoms with Crippen LogP contribution in [0, 0.1) is 13.8 Å². The Morgan fingerprint density at radius 2 is 0.870 bits per heavy atom. The van der Waals surface area contributed by atoms with E-state index in [1.807, 2.05) is 0 Å². The fourth-order valence-corrected chi connectivity index (χ4v) is 8.14. The molecule has 294 valence electrons. The monoisotopic (exact) mass is 735 g/mol. The van der Waals surface area contributed by atoms with E-state index < -0.39 is 0 Å². The van der Waals surface area contributed by atoms with Gasteiger partial charge >= 0.3 is 0 Å². The highest BCUT2D eigenvalue weighted by atomic mass is 14.9. The second-order valence-corrected chi connectivity index (χ2v) is 15.2. The molecule has 0 aromatic carbocycles. The third-order valence-electron chi connectivity index (χ3n) is 11.5. The normalized spacial score (nSPS) is 13.2. The zero-order valence-corrected chi connectivity index (χ0v) is 34.9. The molecule has 0 spiro atoms. The molecular formula is C46H70N8. The molecule has 0 aliphatic carbocycles. The van der Waals surface area contributed by atoms with Crippen molar-refractivity contribution in [1.82, 2.24) is 41.2 Å². The zero-order chi connectivity index (χ0) is 38.5. The first kappa shape index (κ1) is 41.6. The van der Waals surface area contributed by atoms with Crippen LogP contribution < -0.4 is 21.3 Å². The Kier molecular flexibility index (Phi) is 16.1. The minimum Gasteiger partial charge on any atom is -0.355 e. The van der Waals surface area contributed by atoms with Gasteiger partial charge in [-0.3, -0.25) is 0 Å². The van der Waals surface area contributed by atoms with Gasteiger partial charge in [0.05, 0.1) is 22.8 Å². The molecule has 54 heavy (non-hydrogen) atoms. The van der Waals surface area contributed by atoms with E-state index in [0.29, 0.717) is 0 Å². The lowest BCUT2D eigenvalue weighted by atomic mass is 10.00. The molecule has 0 unspecified atom stereocenters. The van der Waals surface area contributed by atoms with E-state index in [9.17, 15) is 0 Å². The van der Waals surface area contributed by atoms with Gasteiger partial charge in [-0.15, -0.1) is 0 Å². The van der Waals surface area contributed by atoms with Crippen LogP contribution in [0.2, 0.25) is 0 Å². The van der Waals surface area contributed by atoms with Crippen molar-refractivity contribution in [3.8, 4) is 0 Å². The molecule has 3 aromatic rings. The predicted molar refractivity (Wildman–Crippen MR) is 234 cm³/mol. The Morgan fingerprint density at radius 3 is 1.43 bits per heavy atom. The van der Waals surface area contributed by atoms with Crippen LogP contribution >= 0.6 is 0 Å². The first-order chi connectivity index (χ1) is 26.3. The van der Waals surface area contributed by atoms with Crippen LogP contribution in [0.5, 0.6) is 0 Å². The summed E-state index contributed by atoms with van der Waals surface area (Å²) in [6, 6.07) is 9.21. The van der Waals surface area contributed by atoms with Gasteiger partial charge in [0.2, 0.25) is 0 Å². The van der Waals surface area contributed by atoms with Crippen molar-refractivity contribution in [3.05, 3.63) is 69.3 Å². The van der Waals surface area contributed by atoms with Gasteiger partial charge in [0.1, 0.15) is 0 Å². The van der Waals surface area contributed by atoms with E-state index in [2.05, 4.69) is 111 Å². The summed E-state index contributed by atoms with van der Waals surface area (Å²) in [5.41, 5.74) is 19.5. The maximum absolute atomic E-state index is 5.41. The maximum atomic E-state index is 5.41. The van der Waals surface area contributed by atoms with Gasteiger partial charge in [-0.2, -0.15) is 0 Å². The van der Waals surface area contributed by atoms with Gasteiger partial charge in [0.15, 0.2) is 0 Å². The van der Waals surface area contributed by atoms with Gasteiger partial charge < -0.3 is 31.2 Å². The van der Waals surface area contributed by atoms with Crippen molar-refractivity contribution in [2.24, 2.45) is 0 Å². The van der Waals surface area contributed by atoms with Crippen LogP contribution in [0.1, 0.15) is 138 Å². The molecule has 8 heteroatoms. The highest BCUT2D eigenvalue weighted by Crippen LogP contribution is 2.36. The Labute approximate surface area is 325 Å². The third kappa shape index (κ3) is 10.4. The maximum Gasteiger partial charge on any atom is 0.0693 e. The van der Waals surface area contributed by atoms with Crippen molar-refractivity contribution in [3.63, 3.8) is 0 Å². The zero-order valence-electron chi connectivity index (χ0n) is 34.9. The fraction of sp³-hybridized carbons (Fsp3) is 0.565. The van der Waals surface area contributed by atoms with Crippen molar-refractivity contribution in [2.75, 3.05) is 52.4 Å². The smallest absolute Gasteiger partial charge is 0.0693 e. The van der Waals surface area contributed by atoms with Gasteiger partial charge in [-0.1, -0.05) is 27.7 Å². The number of hydrogen-bond acceptors (Lipinski definition) is 6.